The number of amides is 5. The van der Waals surface area contributed by atoms with Crippen molar-refractivity contribution in [3.63, 3.8) is 0 Å². The van der Waals surface area contributed by atoms with Crippen molar-refractivity contribution in [2.45, 2.75) is 145 Å². The van der Waals surface area contributed by atoms with Gasteiger partial charge in [0.05, 0.1) is 12.0 Å². The molecule has 0 bridgehead atoms. The first-order valence-electron chi connectivity index (χ1n) is 24.6. The standard InChI is InChI=1S/C15H21NO.C14H20N2O.C13H22N2O2.C12H19N3O/c1-15(2,3)9-14(17)16-10-13(11-16)12-7-5-4-6-8-12;1-14(2,3)8-13(17)16-9-11(10-16)12-6-4-5-7-15-12;1-13(2,3)7-12(17)14-8-10(9-14)15-6-4-5-11(15)16;1-12(2,3)6-10(16)15-7-9(8-15)11-13-4-5-14-11/h4-8,13H,9-11H2,1-3H3;4-7,11H,8-10H2,1-3H3;10H,4-9H2,1-3H3;4-5,9H,6-8H2,1-3H3,(H,13,14). The fourth-order valence-electron chi connectivity index (χ4n) is 8.63. The third-order valence-corrected chi connectivity index (χ3v) is 12.5. The number of likely N-dealkylation sites (tertiary alicyclic amines) is 5. The van der Waals surface area contributed by atoms with Gasteiger partial charge in [-0.25, -0.2) is 4.98 Å². The summed E-state index contributed by atoms with van der Waals surface area (Å²) in [5.41, 5.74) is 2.75. The zero-order chi connectivity index (χ0) is 49.3. The maximum atomic E-state index is 11.9. The molecule has 0 saturated carbocycles. The van der Waals surface area contributed by atoms with Crippen LogP contribution in [0.1, 0.15) is 156 Å². The second-order valence-corrected chi connectivity index (χ2v) is 24.2. The summed E-state index contributed by atoms with van der Waals surface area (Å²) in [6, 6.07) is 16.7. The zero-order valence-corrected chi connectivity index (χ0v) is 42.9. The van der Waals surface area contributed by atoms with Gasteiger partial charge in [-0.2, -0.15) is 0 Å². The van der Waals surface area contributed by atoms with Crippen molar-refractivity contribution in [1.82, 2.24) is 39.5 Å². The number of carbonyl (C=O) groups is 5. The highest BCUT2D eigenvalue weighted by Gasteiger charge is 2.40. The quantitative estimate of drug-likeness (QED) is 0.239. The highest BCUT2D eigenvalue weighted by atomic mass is 16.2. The van der Waals surface area contributed by atoms with Gasteiger partial charge in [-0.3, -0.25) is 29.0 Å². The molecule has 5 saturated heterocycles. The summed E-state index contributed by atoms with van der Waals surface area (Å²) in [6.07, 6.45) is 9.55. The number of nitrogens with one attached hydrogen (secondary N) is 1. The van der Waals surface area contributed by atoms with Gasteiger partial charge < -0.3 is 29.5 Å². The summed E-state index contributed by atoms with van der Waals surface area (Å²) in [5.74, 6) is 3.68. The molecule has 5 fully saturated rings. The summed E-state index contributed by atoms with van der Waals surface area (Å²) >= 11 is 0. The van der Waals surface area contributed by atoms with Gasteiger partial charge in [0.15, 0.2) is 0 Å². The summed E-state index contributed by atoms with van der Waals surface area (Å²) in [7, 11) is 0. The summed E-state index contributed by atoms with van der Waals surface area (Å²) in [6.45, 7) is 32.5. The molecule has 1 N–H and O–H groups in total. The molecule has 13 heteroatoms. The molecule has 5 aliphatic rings. The zero-order valence-electron chi connectivity index (χ0n) is 42.9. The molecule has 3 aromatic rings. The maximum Gasteiger partial charge on any atom is 0.223 e. The number of rotatable bonds is 8. The Labute approximate surface area is 401 Å². The van der Waals surface area contributed by atoms with Crippen molar-refractivity contribution in [3.8, 4) is 0 Å². The number of hydrogen-bond acceptors (Lipinski definition) is 7. The highest BCUT2D eigenvalue weighted by molar-refractivity contribution is 5.81. The number of carbonyl (C=O) groups excluding carboxylic acids is 5. The second kappa shape index (κ2) is 22.4. The van der Waals surface area contributed by atoms with Gasteiger partial charge in [-0.05, 0) is 45.8 Å². The van der Waals surface area contributed by atoms with Gasteiger partial charge in [0.1, 0.15) is 5.82 Å². The Morgan fingerprint density at radius 2 is 0.970 bits per heavy atom. The first-order valence-corrected chi connectivity index (χ1v) is 24.6. The van der Waals surface area contributed by atoms with E-state index in [9.17, 15) is 24.0 Å². The van der Waals surface area contributed by atoms with Crippen molar-refractivity contribution in [2.24, 2.45) is 21.7 Å². The Morgan fingerprint density at radius 1 is 0.537 bits per heavy atom. The molecule has 7 heterocycles. The van der Waals surface area contributed by atoms with E-state index in [1.165, 1.54) is 5.56 Å². The third kappa shape index (κ3) is 16.9. The molecule has 0 aliphatic carbocycles. The minimum absolute atomic E-state index is 0.0473. The SMILES string of the molecule is CC(C)(C)CC(=O)N1CC(N2CCCC2=O)C1.CC(C)(C)CC(=O)N1CC(c2ccccc2)C1.CC(C)(C)CC(=O)N1CC(c2ccccn2)C1.CC(C)(C)CC(=O)N1CC(c2ncc[nH]2)C1. The van der Waals surface area contributed by atoms with Crippen LogP contribution in [0, 0.1) is 21.7 Å². The summed E-state index contributed by atoms with van der Waals surface area (Å²) in [4.78, 5) is 80.4. The lowest BCUT2D eigenvalue weighted by atomic mass is 9.87. The normalized spacial score (nSPS) is 18.2. The van der Waals surface area contributed by atoms with E-state index in [0.717, 1.165) is 76.8 Å². The number of pyridine rings is 1. The smallest absolute Gasteiger partial charge is 0.223 e. The van der Waals surface area contributed by atoms with Crippen molar-refractivity contribution in [3.05, 3.63) is 84.2 Å². The predicted molar refractivity (Wildman–Crippen MR) is 265 cm³/mol. The van der Waals surface area contributed by atoms with Crippen molar-refractivity contribution in [2.75, 3.05) is 58.9 Å². The number of benzene rings is 1. The average Bonchev–Trinajstić information content (AvgIpc) is 3.80. The van der Waals surface area contributed by atoms with Crippen LogP contribution in [0.5, 0.6) is 0 Å². The van der Waals surface area contributed by atoms with Crippen LogP contribution in [0.4, 0.5) is 0 Å². The molecule has 13 nitrogen and oxygen atoms in total. The van der Waals surface area contributed by atoms with Gasteiger partial charge in [-0.1, -0.05) is 119 Å². The van der Waals surface area contributed by atoms with Crippen LogP contribution in [-0.4, -0.2) is 134 Å². The van der Waals surface area contributed by atoms with Crippen LogP contribution < -0.4 is 0 Å². The molecule has 0 atom stereocenters. The number of aromatic nitrogens is 3. The lowest BCUT2D eigenvalue weighted by Crippen LogP contribution is -2.61. The van der Waals surface area contributed by atoms with Gasteiger partial charge in [0.25, 0.3) is 0 Å². The first-order chi connectivity index (χ1) is 31.2. The molecule has 67 heavy (non-hydrogen) atoms. The van der Waals surface area contributed by atoms with Crippen LogP contribution in [0.15, 0.2) is 67.1 Å². The van der Waals surface area contributed by atoms with E-state index in [0.29, 0.717) is 55.8 Å². The van der Waals surface area contributed by atoms with Gasteiger partial charge in [0.2, 0.25) is 29.5 Å². The molecule has 0 unspecified atom stereocenters. The minimum atomic E-state index is 0.0473. The maximum absolute atomic E-state index is 11.9. The topological polar surface area (TPSA) is 143 Å². The van der Waals surface area contributed by atoms with Crippen LogP contribution in [0.2, 0.25) is 0 Å². The van der Waals surface area contributed by atoms with Crippen LogP contribution in [-0.2, 0) is 24.0 Å². The van der Waals surface area contributed by atoms with Gasteiger partial charge in [-0.15, -0.1) is 0 Å². The largest absolute Gasteiger partial charge is 0.348 e. The fraction of sp³-hybridized carbons (Fsp3) is 0.648. The number of hydrogen-bond donors (Lipinski definition) is 1. The molecular formula is C54H82N8O5. The molecule has 0 spiro atoms. The Balaban J connectivity index is 0.000000167. The Bertz CT molecular complexity index is 1980. The number of aromatic amines is 1. The molecule has 0 radical (unpaired) electrons. The van der Waals surface area contributed by atoms with Crippen molar-refractivity contribution in [1.29, 1.82) is 0 Å². The average molecular weight is 923 g/mol. The van der Waals surface area contributed by atoms with Crippen LogP contribution in [0.25, 0.3) is 0 Å². The number of nitrogens with zero attached hydrogens (tertiary/aromatic N) is 7. The summed E-state index contributed by atoms with van der Waals surface area (Å²) < 4.78 is 0. The van der Waals surface area contributed by atoms with Crippen LogP contribution in [0.3, 0.4) is 0 Å². The lowest BCUT2D eigenvalue weighted by Gasteiger charge is -2.44. The van der Waals surface area contributed by atoms with Crippen LogP contribution >= 0.6 is 0 Å². The molecule has 8 rings (SSSR count). The number of imidazole rings is 1. The first kappa shape index (κ1) is 52.9. The fourth-order valence-corrected chi connectivity index (χ4v) is 8.63. The monoisotopic (exact) mass is 923 g/mol. The predicted octanol–water partition coefficient (Wildman–Crippen LogP) is 8.52. The van der Waals surface area contributed by atoms with Crippen molar-refractivity contribution < 1.29 is 24.0 Å². The third-order valence-electron chi connectivity index (χ3n) is 12.5. The van der Waals surface area contributed by atoms with E-state index in [1.807, 2.05) is 61.2 Å². The minimum Gasteiger partial charge on any atom is -0.348 e. The second-order valence-electron chi connectivity index (χ2n) is 24.2. The van der Waals surface area contributed by atoms with E-state index in [1.54, 1.807) is 6.20 Å². The lowest BCUT2D eigenvalue weighted by molar-refractivity contribution is -0.145. The molecular weight excluding hydrogens is 841 g/mol. The van der Waals surface area contributed by atoms with E-state index in [2.05, 4.69) is 122 Å². The van der Waals surface area contributed by atoms with E-state index in [-0.39, 0.29) is 51.3 Å². The molecule has 5 aliphatic heterocycles. The number of H-pyrrole nitrogens is 1. The van der Waals surface area contributed by atoms with E-state index in [4.69, 9.17) is 0 Å². The molecule has 1 aromatic carbocycles. The highest BCUT2D eigenvalue weighted by Crippen LogP contribution is 2.32. The van der Waals surface area contributed by atoms with Gasteiger partial charge >= 0.3 is 0 Å². The molecule has 5 amide bonds. The van der Waals surface area contributed by atoms with E-state index >= 15 is 0 Å². The summed E-state index contributed by atoms with van der Waals surface area (Å²) in [5, 5.41) is 0. The Morgan fingerprint density at radius 3 is 1.36 bits per heavy atom. The van der Waals surface area contributed by atoms with Gasteiger partial charge in [0, 0.05) is 127 Å². The van der Waals surface area contributed by atoms with Crippen molar-refractivity contribution >= 4 is 29.5 Å². The Hall–Kier alpha value is -5.07. The molecule has 2 aromatic heterocycles. The molecule has 368 valence electrons. The Kier molecular flexibility index (Phi) is 17.7. The van der Waals surface area contributed by atoms with E-state index < -0.39 is 0 Å².